The second-order valence-corrected chi connectivity index (χ2v) is 5.51. The Bertz CT molecular complexity index is 369. The summed E-state index contributed by atoms with van der Waals surface area (Å²) >= 11 is 0. The van der Waals surface area contributed by atoms with Gasteiger partial charge in [-0.05, 0) is 49.9 Å². The van der Waals surface area contributed by atoms with Gasteiger partial charge in [0.25, 0.3) is 0 Å². The average molecular weight is 248 g/mol. The number of ether oxygens (including phenoxy) is 1. The molecule has 1 aromatic carbocycles. The van der Waals surface area contributed by atoms with Crippen molar-refractivity contribution in [1.82, 2.24) is 0 Å². The summed E-state index contributed by atoms with van der Waals surface area (Å²) in [5.41, 5.74) is 2.65. The maximum absolute atomic E-state index is 5.80. The molecule has 0 spiro atoms. The van der Waals surface area contributed by atoms with Crippen molar-refractivity contribution in [3.63, 3.8) is 0 Å². The lowest BCUT2D eigenvalue weighted by atomic mass is 10.1. The first kappa shape index (κ1) is 13.4. The maximum atomic E-state index is 5.80. The van der Waals surface area contributed by atoms with Crippen LogP contribution in [0, 0.1) is 13.8 Å². The molecular weight excluding hydrogens is 222 g/mol. The van der Waals surface area contributed by atoms with Crippen LogP contribution in [0.15, 0.2) is 18.2 Å². The van der Waals surface area contributed by atoms with Gasteiger partial charge in [0.1, 0.15) is 5.75 Å². The van der Waals surface area contributed by atoms with E-state index in [2.05, 4.69) is 32.0 Å². The zero-order valence-corrected chi connectivity index (χ0v) is 11.8. The summed E-state index contributed by atoms with van der Waals surface area (Å²) in [6.07, 6.45) is 5.32. The minimum absolute atomic E-state index is 0.857. The van der Waals surface area contributed by atoms with Crippen molar-refractivity contribution in [2.75, 3.05) is 26.2 Å². The Balaban J connectivity index is 1.61. The maximum Gasteiger partial charge on any atom is 0.119 e. The molecule has 18 heavy (non-hydrogen) atoms. The lowest BCUT2D eigenvalue weighted by Gasteiger charge is -2.12. The normalized spacial score (nSPS) is 16.1. The third kappa shape index (κ3) is 4.02. The quantitative estimate of drug-likeness (QED) is 0.762. The zero-order chi connectivity index (χ0) is 12.8. The van der Waals surface area contributed by atoms with Gasteiger partial charge in [0.15, 0.2) is 0 Å². The molecule has 1 aromatic rings. The van der Waals surface area contributed by atoms with Gasteiger partial charge in [-0.3, -0.25) is 0 Å². The van der Waals surface area contributed by atoms with Gasteiger partial charge in [-0.1, -0.05) is 6.07 Å². The molecule has 2 nitrogen and oxygen atoms in total. The van der Waals surface area contributed by atoms with Crippen LogP contribution in [0.4, 0.5) is 0 Å². The van der Waals surface area contributed by atoms with Crippen LogP contribution in [0.2, 0.25) is 0 Å². The molecule has 1 aliphatic heterocycles. The molecule has 1 saturated heterocycles. The van der Waals surface area contributed by atoms with Crippen LogP contribution >= 0.6 is 0 Å². The van der Waals surface area contributed by atoms with E-state index in [-0.39, 0.29) is 0 Å². The topological polar surface area (TPSA) is 13.7 Å². The second kappa shape index (κ2) is 6.79. The van der Waals surface area contributed by atoms with Crippen molar-refractivity contribution < 1.29 is 9.64 Å². The van der Waals surface area contributed by atoms with E-state index in [1.807, 2.05) is 0 Å². The van der Waals surface area contributed by atoms with Crippen molar-refractivity contribution in [2.24, 2.45) is 0 Å². The summed E-state index contributed by atoms with van der Waals surface area (Å²) in [5.74, 6) is 1.02. The van der Waals surface area contributed by atoms with E-state index in [4.69, 9.17) is 4.74 Å². The van der Waals surface area contributed by atoms with Gasteiger partial charge in [0.2, 0.25) is 0 Å². The van der Waals surface area contributed by atoms with Gasteiger partial charge in [0, 0.05) is 12.8 Å². The fourth-order valence-electron chi connectivity index (χ4n) is 2.60. The van der Waals surface area contributed by atoms with Crippen molar-refractivity contribution in [3.8, 4) is 5.75 Å². The van der Waals surface area contributed by atoms with E-state index in [0.717, 1.165) is 12.4 Å². The minimum Gasteiger partial charge on any atom is -0.494 e. The molecule has 0 bridgehead atoms. The second-order valence-electron chi connectivity index (χ2n) is 5.51. The average Bonchev–Trinajstić information content (AvgIpc) is 2.86. The van der Waals surface area contributed by atoms with Crippen LogP contribution < -0.4 is 9.64 Å². The highest BCUT2D eigenvalue weighted by Crippen LogP contribution is 2.16. The van der Waals surface area contributed by atoms with Crippen LogP contribution in [-0.4, -0.2) is 26.2 Å². The van der Waals surface area contributed by atoms with Gasteiger partial charge >= 0.3 is 0 Å². The Labute approximate surface area is 111 Å². The van der Waals surface area contributed by atoms with E-state index in [1.165, 1.54) is 56.4 Å². The summed E-state index contributed by atoms with van der Waals surface area (Å²) in [4.78, 5) is 1.79. The van der Waals surface area contributed by atoms with E-state index < -0.39 is 0 Å². The first-order valence-corrected chi connectivity index (χ1v) is 7.29. The number of benzene rings is 1. The van der Waals surface area contributed by atoms with Crippen molar-refractivity contribution in [3.05, 3.63) is 29.3 Å². The number of hydrogen-bond acceptors (Lipinski definition) is 1. The molecule has 2 heteroatoms. The van der Waals surface area contributed by atoms with Gasteiger partial charge < -0.3 is 9.64 Å². The highest BCUT2D eigenvalue weighted by Gasteiger charge is 2.13. The predicted molar refractivity (Wildman–Crippen MR) is 75.4 cm³/mol. The number of hydrogen-bond donors (Lipinski definition) is 1. The standard InChI is InChI=1S/C16H25NO/c1-14-7-8-16(13-15(14)2)18-12-6-5-11-17-9-3-4-10-17/h7-8,13H,3-6,9-12H2,1-2H3/p+1. The number of nitrogens with one attached hydrogen (secondary N) is 1. The third-order valence-electron chi connectivity index (χ3n) is 3.98. The Morgan fingerprint density at radius 1 is 1.06 bits per heavy atom. The largest absolute Gasteiger partial charge is 0.494 e. The van der Waals surface area contributed by atoms with Crippen molar-refractivity contribution in [1.29, 1.82) is 0 Å². The molecule has 0 amide bonds. The molecular formula is C16H26NO+. The Kier molecular flexibility index (Phi) is 5.06. The third-order valence-corrected chi connectivity index (χ3v) is 3.98. The van der Waals surface area contributed by atoms with Gasteiger partial charge in [-0.15, -0.1) is 0 Å². The van der Waals surface area contributed by atoms with Crippen LogP contribution in [0.1, 0.15) is 36.8 Å². The summed E-state index contributed by atoms with van der Waals surface area (Å²) in [6, 6.07) is 6.36. The fraction of sp³-hybridized carbons (Fsp3) is 0.625. The van der Waals surface area contributed by atoms with Crippen LogP contribution in [-0.2, 0) is 0 Å². The van der Waals surface area contributed by atoms with Crippen LogP contribution in [0.5, 0.6) is 5.75 Å². The van der Waals surface area contributed by atoms with Crippen molar-refractivity contribution >= 4 is 0 Å². The Hall–Kier alpha value is -1.02. The summed E-state index contributed by atoms with van der Waals surface area (Å²) in [5, 5.41) is 0. The molecule has 1 heterocycles. The van der Waals surface area contributed by atoms with Gasteiger partial charge in [0.05, 0.1) is 26.2 Å². The molecule has 2 rings (SSSR count). The van der Waals surface area contributed by atoms with Crippen LogP contribution in [0.25, 0.3) is 0 Å². The number of quaternary nitrogens is 1. The molecule has 0 saturated carbocycles. The summed E-state index contributed by atoms with van der Waals surface area (Å²) < 4.78 is 5.80. The molecule has 0 aliphatic carbocycles. The Morgan fingerprint density at radius 3 is 2.56 bits per heavy atom. The molecule has 0 aromatic heterocycles. The highest BCUT2D eigenvalue weighted by atomic mass is 16.5. The lowest BCUT2D eigenvalue weighted by molar-refractivity contribution is -0.887. The minimum atomic E-state index is 0.857. The summed E-state index contributed by atoms with van der Waals surface area (Å²) in [6.45, 7) is 9.24. The monoisotopic (exact) mass is 248 g/mol. The van der Waals surface area contributed by atoms with E-state index in [1.54, 1.807) is 4.90 Å². The van der Waals surface area contributed by atoms with Crippen LogP contribution in [0.3, 0.4) is 0 Å². The molecule has 0 atom stereocenters. The van der Waals surface area contributed by atoms with E-state index >= 15 is 0 Å². The zero-order valence-electron chi connectivity index (χ0n) is 11.8. The molecule has 0 radical (unpaired) electrons. The van der Waals surface area contributed by atoms with E-state index in [0.29, 0.717) is 0 Å². The van der Waals surface area contributed by atoms with Gasteiger partial charge in [-0.2, -0.15) is 0 Å². The highest BCUT2D eigenvalue weighted by molar-refractivity contribution is 5.33. The summed E-state index contributed by atoms with van der Waals surface area (Å²) in [7, 11) is 0. The fourth-order valence-corrected chi connectivity index (χ4v) is 2.60. The molecule has 100 valence electrons. The smallest absolute Gasteiger partial charge is 0.119 e. The first-order chi connectivity index (χ1) is 8.75. The molecule has 1 fully saturated rings. The lowest BCUT2D eigenvalue weighted by Crippen LogP contribution is -3.09. The number of aryl methyl sites for hydroxylation is 2. The molecule has 1 aliphatic rings. The SMILES string of the molecule is Cc1ccc(OCCCC[NH+]2CCCC2)cc1C. The Morgan fingerprint density at radius 2 is 1.83 bits per heavy atom. The number of likely N-dealkylation sites (tertiary alicyclic amines) is 1. The van der Waals surface area contributed by atoms with E-state index in [9.17, 15) is 0 Å². The predicted octanol–water partition coefficient (Wildman–Crippen LogP) is 2.14. The molecule has 0 unspecified atom stereocenters. The van der Waals surface area contributed by atoms with Gasteiger partial charge in [-0.25, -0.2) is 0 Å². The first-order valence-electron chi connectivity index (χ1n) is 7.29. The number of rotatable bonds is 6. The van der Waals surface area contributed by atoms with Crippen molar-refractivity contribution in [2.45, 2.75) is 39.5 Å². The molecule has 1 N–H and O–H groups in total. The number of unbranched alkanes of at least 4 members (excludes halogenated alkanes) is 1.